The average molecular weight is 397 g/mol. The molecule has 4 N–H and O–H groups in total. The molecule has 0 spiro atoms. The van der Waals surface area contributed by atoms with Gasteiger partial charge in [0.2, 0.25) is 5.91 Å². The summed E-state index contributed by atoms with van der Waals surface area (Å²) in [6.07, 6.45) is 1.13. The van der Waals surface area contributed by atoms with Crippen molar-refractivity contribution in [3.8, 4) is 0 Å². The Bertz CT molecular complexity index is 798. The Balaban J connectivity index is 1.94. The number of anilines is 2. The van der Waals surface area contributed by atoms with Crippen molar-refractivity contribution in [2.24, 2.45) is 5.92 Å². The molecule has 5 nitrogen and oxygen atoms in total. The molecule has 0 aliphatic rings. The predicted molar refractivity (Wildman–Crippen MR) is 119 cm³/mol. The molecule has 2 atom stereocenters. The molecule has 0 unspecified atom stereocenters. The third-order valence-electron chi connectivity index (χ3n) is 5.27. The van der Waals surface area contributed by atoms with E-state index in [2.05, 4.69) is 67.9 Å². The van der Waals surface area contributed by atoms with E-state index in [0.717, 1.165) is 12.1 Å². The highest BCUT2D eigenvalue weighted by atomic mass is 16.2. The van der Waals surface area contributed by atoms with E-state index in [1.165, 1.54) is 18.1 Å². The van der Waals surface area contributed by atoms with Crippen LogP contribution in [0, 0.1) is 5.92 Å². The van der Waals surface area contributed by atoms with Crippen LogP contribution in [0.3, 0.4) is 0 Å². The number of benzene rings is 2. The number of nitrogens with one attached hydrogen (secondary N) is 2. The van der Waals surface area contributed by atoms with Crippen molar-refractivity contribution in [3.05, 3.63) is 59.7 Å². The lowest BCUT2D eigenvalue weighted by atomic mass is 9.92. The Kier molecular flexibility index (Phi) is 8.40. The topological polar surface area (TPSA) is 74.8 Å². The first kappa shape index (κ1) is 22.6. The zero-order valence-electron chi connectivity index (χ0n) is 18.2. The molecule has 0 aliphatic heterocycles. The zero-order valence-corrected chi connectivity index (χ0v) is 18.2. The van der Waals surface area contributed by atoms with Crippen LogP contribution in [-0.4, -0.2) is 18.4 Å². The second-order valence-corrected chi connectivity index (χ2v) is 7.99. The number of hydrogen-bond acceptors (Lipinski definition) is 2. The number of amides is 2. The van der Waals surface area contributed by atoms with Crippen LogP contribution in [0.2, 0.25) is 0 Å². The first-order valence-electron chi connectivity index (χ1n) is 10.4. The minimum Gasteiger partial charge on any atom is -0.332 e. The third-order valence-corrected chi connectivity index (χ3v) is 5.27. The van der Waals surface area contributed by atoms with Crippen molar-refractivity contribution >= 4 is 23.2 Å². The molecule has 0 aromatic heterocycles. The van der Waals surface area contributed by atoms with Crippen molar-refractivity contribution in [1.82, 2.24) is 0 Å². The molecule has 5 heteroatoms. The number of hydrogen-bond donors (Lipinski definition) is 3. The predicted octanol–water partition coefficient (Wildman–Crippen LogP) is 4.06. The molecule has 156 valence electrons. The van der Waals surface area contributed by atoms with Crippen molar-refractivity contribution in [1.29, 1.82) is 0 Å². The first-order chi connectivity index (χ1) is 13.8. The minimum absolute atomic E-state index is 0.0425. The number of nitrogens with two attached hydrogens (primary N) is 1. The van der Waals surface area contributed by atoms with E-state index >= 15 is 0 Å². The van der Waals surface area contributed by atoms with Gasteiger partial charge in [-0.05, 0) is 42.2 Å². The van der Waals surface area contributed by atoms with Gasteiger partial charge in [0.25, 0.3) is 5.91 Å². The molecule has 2 amide bonds. The number of carbonyl (C=O) groups excluding carboxylic acids is 2. The molecule has 2 rings (SSSR count). The van der Waals surface area contributed by atoms with Crippen LogP contribution in [-0.2, 0) is 9.59 Å². The van der Waals surface area contributed by atoms with E-state index < -0.39 is 0 Å². The molecule has 2 aromatic rings. The highest BCUT2D eigenvalue weighted by Gasteiger charge is 2.20. The quantitative estimate of drug-likeness (QED) is 0.598. The van der Waals surface area contributed by atoms with E-state index in [1.807, 2.05) is 0 Å². The van der Waals surface area contributed by atoms with Crippen molar-refractivity contribution < 1.29 is 14.9 Å². The highest BCUT2D eigenvalue weighted by molar-refractivity contribution is 5.92. The summed E-state index contributed by atoms with van der Waals surface area (Å²) in [6.45, 7) is 10.6. The lowest BCUT2D eigenvalue weighted by Crippen LogP contribution is -2.88. The Morgan fingerprint density at radius 2 is 1.38 bits per heavy atom. The van der Waals surface area contributed by atoms with Gasteiger partial charge in [0.1, 0.15) is 6.04 Å². The molecule has 0 heterocycles. The molecule has 29 heavy (non-hydrogen) atoms. The number of rotatable bonds is 9. The number of carbonyl (C=O) groups is 2. The van der Waals surface area contributed by atoms with E-state index in [9.17, 15) is 9.59 Å². The van der Waals surface area contributed by atoms with Gasteiger partial charge in [0.15, 0.2) is 6.54 Å². The van der Waals surface area contributed by atoms with Gasteiger partial charge in [0.05, 0.1) is 0 Å². The standard InChI is InChI=1S/C24H33N3O2/c1-6-17(4)19-7-9-20(10-8-19)24(16(2)3)25-15-23(29)27-22-13-11-21(12-14-22)26-18(5)28/h7-14,16-17,24-25H,6,15H2,1-5H3,(H,26,28)(H,27,29)/p+1/t17-,24+/m0/s1. The van der Waals surface area contributed by atoms with Crippen molar-refractivity contribution in [2.45, 2.75) is 53.0 Å². The van der Waals surface area contributed by atoms with Gasteiger partial charge in [-0.25, -0.2) is 0 Å². The molecular weight excluding hydrogens is 362 g/mol. The second-order valence-electron chi connectivity index (χ2n) is 7.99. The fraction of sp³-hybridized carbons (Fsp3) is 0.417. The molecule has 2 aromatic carbocycles. The fourth-order valence-electron chi connectivity index (χ4n) is 3.36. The maximum absolute atomic E-state index is 12.4. The molecule has 0 saturated heterocycles. The second kappa shape index (κ2) is 10.8. The maximum Gasteiger partial charge on any atom is 0.279 e. The molecule has 0 bridgehead atoms. The summed E-state index contributed by atoms with van der Waals surface area (Å²) >= 11 is 0. The summed E-state index contributed by atoms with van der Waals surface area (Å²) in [4.78, 5) is 23.5. The van der Waals surface area contributed by atoms with E-state index in [4.69, 9.17) is 0 Å². The summed E-state index contributed by atoms with van der Waals surface area (Å²) in [7, 11) is 0. The molecule has 0 radical (unpaired) electrons. The average Bonchev–Trinajstić information content (AvgIpc) is 2.69. The Morgan fingerprint density at radius 3 is 1.86 bits per heavy atom. The van der Waals surface area contributed by atoms with Crippen LogP contribution in [0.4, 0.5) is 11.4 Å². The number of quaternary nitrogens is 1. The Hall–Kier alpha value is -2.66. The summed E-state index contributed by atoms with van der Waals surface area (Å²) in [5.41, 5.74) is 4.04. The molecule has 0 fully saturated rings. The van der Waals surface area contributed by atoms with Gasteiger partial charge in [-0.2, -0.15) is 0 Å². The third kappa shape index (κ3) is 7.02. The first-order valence-corrected chi connectivity index (χ1v) is 10.4. The Morgan fingerprint density at radius 1 is 0.862 bits per heavy atom. The van der Waals surface area contributed by atoms with Crippen LogP contribution in [0.1, 0.15) is 64.1 Å². The molecular formula is C24H34N3O2+. The fourth-order valence-corrected chi connectivity index (χ4v) is 3.36. The van der Waals surface area contributed by atoms with E-state index in [0.29, 0.717) is 24.1 Å². The lowest BCUT2D eigenvalue weighted by Gasteiger charge is -2.20. The SMILES string of the molecule is CC[C@H](C)c1ccc([C@H]([NH2+]CC(=O)Nc2ccc(NC(C)=O)cc2)C(C)C)cc1. The lowest BCUT2D eigenvalue weighted by molar-refractivity contribution is -0.692. The minimum atomic E-state index is -0.117. The highest BCUT2D eigenvalue weighted by Crippen LogP contribution is 2.23. The van der Waals surface area contributed by atoms with Gasteiger partial charge >= 0.3 is 0 Å². The van der Waals surface area contributed by atoms with Crippen molar-refractivity contribution in [2.75, 3.05) is 17.2 Å². The van der Waals surface area contributed by atoms with Crippen LogP contribution < -0.4 is 16.0 Å². The van der Waals surface area contributed by atoms with Gasteiger partial charge in [-0.3, -0.25) is 9.59 Å². The summed E-state index contributed by atoms with van der Waals surface area (Å²) in [5.74, 6) is 0.815. The summed E-state index contributed by atoms with van der Waals surface area (Å²) < 4.78 is 0. The van der Waals surface area contributed by atoms with E-state index in [-0.39, 0.29) is 17.9 Å². The van der Waals surface area contributed by atoms with Crippen molar-refractivity contribution in [3.63, 3.8) is 0 Å². The monoisotopic (exact) mass is 396 g/mol. The summed E-state index contributed by atoms with van der Waals surface area (Å²) in [5, 5.41) is 7.73. The maximum atomic E-state index is 12.4. The largest absolute Gasteiger partial charge is 0.332 e. The summed E-state index contributed by atoms with van der Waals surface area (Å²) in [6, 6.07) is 16.2. The molecule has 0 aliphatic carbocycles. The van der Waals surface area contributed by atoms with Crippen LogP contribution in [0.15, 0.2) is 48.5 Å². The van der Waals surface area contributed by atoms with Gasteiger partial charge in [-0.15, -0.1) is 0 Å². The normalized spacial score (nSPS) is 13.0. The van der Waals surface area contributed by atoms with E-state index in [1.54, 1.807) is 24.3 Å². The van der Waals surface area contributed by atoms with Crippen LogP contribution in [0.25, 0.3) is 0 Å². The van der Waals surface area contributed by atoms with Gasteiger partial charge in [-0.1, -0.05) is 52.0 Å². The van der Waals surface area contributed by atoms with Crippen LogP contribution in [0.5, 0.6) is 0 Å². The zero-order chi connectivity index (χ0) is 21.4. The smallest absolute Gasteiger partial charge is 0.279 e. The van der Waals surface area contributed by atoms with Gasteiger partial charge in [0, 0.05) is 29.8 Å². The van der Waals surface area contributed by atoms with Crippen LogP contribution >= 0.6 is 0 Å². The Labute approximate surface area is 174 Å². The molecule has 0 saturated carbocycles. The van der Waals surface area contributed by atoms with Gasteiger partial charge < -0.3 is 16.0 Å².